The lowest BCUT2D eigenvalue weighted by Crippen LogP contribution is -1.96. The number of rotatable bonds is 6. The molecule has 3 nitrogen and oxygen atoms in total. The maximum Gasteiger partial charge on any atom is 0.160 e. The Labute approximate surface area is 336 Å². The molecule has 0 aliphatic rings. The van der Waals surface area contributed by atoms with Gasteiger partial charge >= 0.3 is 0 Å². The van der Waals surface area contributed by atoms with Crippen LogP contribution in [0.1, 0.15) is 0 Å². The summed E-state index contributed by atoms with van der Waals surface area (Å²) in [5, 5.41) is 8.34. The fourth-order valence-electron chi connectivity index (χ4n) is 8.35. The molecule has 0 saturated heterocycles. The Morgan fingerprint density at radius 3 is 1.53 bits per heavy atom. The van der Waals surface area contributed by atoms with Crippen LogP contribution < -0.4 is 0 Å². The number of benzene rings is 9. The number of nitrogens with zero attached hydrogens (tertiary/aromatic N) is 3. The maximum absolute atomic E-state index is 5.35. The van der Waals surface area contributed by atoms with E-state index in [9.17, 15) is 0 Å². The Morgan fingerprint density at radius 2 is 0.793 bits per heavy atom. The van der Waals surface area contributed by atoms with Gasteiger partial charge < -0.3 is 0 Å². The van der Waals surface area contributed by atoms with Crippen LogP contribution in [-0.4, -0.2) is 15.0 Å². The number of pyridine rings is 1. The monoisotopic (exact) mass is 737 g/mol. The third-order valence-electron chi connectivity index (χ3n) is 11.3. The molecule has 0 saturated carbocycles. The van der Waals surface area contributed by atoms with Gasteiger partial charge in [0.1, 0.15) is 0 Å². The SMILES string of the molecule is c1ccc(-c2ccc(-c3cc(-c4ccccc4)nc(-c4ccc(-c5cc6c(-c7ccc8ccccc8c7)nc7ccccc7c6c6ccccc56)cc4)n3)cc2)cc1. The minimum absolute atomic E-state index is 0.688. The van der Waals surface area contributed by atoms with Gasteiger partial charge in [-0.2, -0.15) is 0 Å². The van der Waals surface area contributed by atoms with E-state index in [4.69, 9.17) is 15.0 Å². The van der Waals surface area contributed by atoms with Crippen molar-refractivity contribution in [2.75, 3.05) is 0 Å². The molecule has 0 atom stereocenters. The van der Waals surface area contributed by atoms with E-state index in [0.29, 0.717) is 5.82 Å². The highest BCUT2D eigenvalue weighted by Crippen LogP contribution is 2.42. The van der Waals surface area contributed by atoms with Gasteiger partial charge in [0.25, 0.3) is 0 Å². The second kappa shape index (κ2) is 14.1. The van der Waals surface area contributed by atoms with Crippen molar-refractivity contribution in [3.05, 3.63) is 212 Å². The first-order valence-corrected chi connectivity index (χ1v) is 19.7. The summed E-state index contributed by atoms with van der Waals surface area (Å²) in [6.07, 6.45) is 0. The first-order chi connectivity index (χ1) is 28.7. The van der Waals surface area contributed by atoms with Crippen LogP contribution in [0.5, 0.6) is 0 Å². The summed E-state index contributed by atoms with van der Waals surface area (Å²) < 4.78 is 0. The Hall–Kier alpha value is -7.75. The van der Waals surface area contributed by atoms with Gasteiger partial charge in [-0.25, -0.2) is 15.0 Å². The fourth-order valence-corrected chi connectivity index (χ4v) is 8.35. The number of aromatic nitrogens is 3. The summed E-state index contributed by atoms with van der Waals surface area (Å²) in [6.45, 7) is 0. The van der Waals surface area contributed by atoms with Crippen molar-refractivity contribution in [2.45, 2.75) is 0 Å². The van der Waals surface area contributed by atoms with E-state index in [1.807, 2.05) is 12.1 Å². The molecule has 0 radical (unpaired) electrons. The molecule has 11 rings (SSSR count). The van der Waals surface area contributed by atoms with Crippen LogP contribution >= 0.6 is 0 Å². The largest absolute Gasteiger partial charge is 0.247 e. The summed E-state index contributed by atoms with van der Waals surface area (Å²) in [5.41, 5.74) is 12.5. The highest BCUT2D eigenvalue weighted by molar-refractivity contribution is 6.25. The predicted molar refractivity (Wildman–Crippen MR) is 242 cm³/mol. The predicted octanol–water partition coefficient (Wildman–Crippen LogP) is 14.5. The van der Waals surface area contributed by atoms with Crippen molar-refractivity contribution in [3.63, 3.8) is 0 Å². The zero-order valence-corrected chi connectivity index (χ0v) is 31.5. The maximum atomic E-state index is 5.35. The lowest BCUT2D eigenvalue weighted by molar-refractivity contribution is 1.18. The van der Waals surface area contributed by atoms with Gasteiger partial charge in [0, 0.05) is 38.4 Å². The van der Waals surface area contributed by atoms with Crippen LogP contribution in [0.4, 0.5) is 0 Å². The molecule has 0 bridgehead atoms. The van der Waals surface area contributed by atoms with Crippen LogP contribution in [0.15, 0.2) is 212 Å². The molecular weight excluding hydrogens is 703 g/mol. The van der Waals surface area contributed by atoms with Crippen molar-refractivity contribution in [3.8, 4) is 67.4 Å². The fraction of sp³-hybridized carbons (Fsp3) is 0. The van der Waals surface area contributed by atoms with Crippen molar-refractivity contribution >= 4 is 43.2 Å². The molecule has 3 heteroatoms. The zero-order valence-electron chi connectivity index (χ0n) is 31.5. The van der Waals surface area contributed by atoms with E-state index in [0.717, 1.165) is 66.8 Å². The third-order valence-corrected chi connectivity index (χ3v) is 11.3. The van der Waals surface area contributed by atoms with E-state index in [-0.39, 0.29) is 0 Å². The zero-order chi connectivity index (χ0) is 38.4. The molecule has 0 spiro atoms. The number of hydrogen-bond acceptors (Lipinski definition) is 3. The Kier molecular flexibility index (Phi) is 8.15. The van der Waals surface area contributed by atoms with E-state index in [2.05, 4.69) is 200 Å². The lowest BCUT2D eigenvalue weighted by Gasteiger charge is -2.16. The van der Waals surface area contributed by atoms with Gasteiger partial charge in [-0.3, -0.25) is 0 Å². The second-order valence-corrected chi connectivity index (χ2v) is 14.8. The van der Waals surface area contributed by atoms with E-state index in [1.165, 1.54) is 38.1 Å². The molecule has 0 aliphatic heterocycles. The summed E-state index contributed by atoms with van der Waals surface area (Å²) in [6, 6.07) is 75.1. The van der Waals surface area contributed by atoms with Gasteiger partial charge in [-0.05, 0) is 68.1 Å². The highest BCUT2D eigenvalue weighted by atomic mass is 14.9. The smallest absolute Gasteiger partial charge is 0.160 e. The van der Waals surface area contributed by atoms with Gasteiger partial charge in [-0.1, -0.05) is 188 Å². The Bertz CT molecular complexity index is 3300. The van der Waals surface area contributed by atoms with E-state index < -0.39 is 0 Å². The van der Waals surface area contributed by atoms with Crippen molar-refractivity contribution < 1.29 is 0 Å². The van der Waals surface area contributed by atoms with Gasteiger partial charge in [0.15, 0.2) is 5.82 Å². The summed E-state index contributed by atoms with van der Waals surface area (Å²) in [5.74, 6) is 0.688. The summed E-state index contributed by atoms with van der Waals surface area (Å²) in [7, 11) is 0. The number of fused-ring (bicyclic) bond motifs is 6. The van der Waals surface area contributed by atoms with Gasteiger partial charge in [0.2, 0.25) is 0 Å². The third kappa shape index (κ3) is 5.98. The molecule has 0 aliphatic carbocycles. The lowest BCUT2D eigenvalue weighted by atomic mass is 9.89. The molecule has 270 valence electrons. The highest BCUT2D eigenvalue weighted by Gasteiger charge is 2.18. The van der Waals surface area contributed by atoms with Crippen molar-refractivity contribution in [1.29, 1.82) is 0 Å². The molecule has 2 aromatic heterocycles. The summed E-state index contributed by atoms with van der Waals surface area (Å²) >= 11 is 0. The molecular formula is C55H35N3. The molecule has 0 fully saturated rings. The second-order valence-electron chi connectivity index (χ2n) is 14.8. The Morgan fingerprint density at radius 1 is 0.276 bits per heavy atom. The minimum atomic E-state index is 0.688. The normalized spacial score (nSPS) is 11.4. The minimum Gasteiger partial charge on any atom is -0.247 e. The standard InChI is InChI=1S/C55H35N3/c1-3-13-36(14-4-1)38-23-28-41(29-24-38)52-35-51(40-16-5-2-6-17-40)57-55(58-52)42-30-26-39(27-31-42)48-34-49-53(46-20-10-9-19-45(46)48)47-21-11-12-22-50(47)56-54(49)44-32-25-37-15-7-8-18-43(37)33-44/h1-35H. The quantitative estimate of drug-likeness (QED) is 0.160. The topological polar surface area (TPSA) is 38.7 Å². The first-order valence-electron chi connectivity index (χ1n) is 19.7. The average molecular weight is 738 g/mol. The number of para-hydroxylation sites is 1. The van der Waals surface area contributed by atoms with Crippen LogP contribution in [0.2, 0.25) is 0 Å². The molecule has 9 aromatic carbocycles. The molecule has 11 aromatic rings. The molecule has 0 unspecified atom stereocenters. The van der Waals surface area contributed by atoms with Crippen LogP contribution in [0.3, 0.4) is 0 Å². The van der Waals surface area contributed by atoms with E-state index >= 15 is 0 Å². The first kappa shape index (κ1) is 33.6. The Balaban J connectivity index is 1.05. The van der Waals surface area contributed by atoms with Crippen LogP contribution in [0.25, 0.3) is 111 Å². The number of hydrogen-bond donors (Lipinski definition) is 0. The summed E-state index contributed by atoms with van der Waals surface area (Å²) in [4.78, 5) is 15.7. The average Bonchev–Trinajstić information content (AvgIpc) is 3.31. The molecule has 58 heavy (non-hydrogen) atoms. The van der Waals surface area contributed by atoms with Crippen LogP contribution in [-0.2, 0) is 0 Å². The molecule has 2 heterocycles. The van der Waals surface area contributed by atoms with Crippen LogP contribution in [0, 0.1) is 0 Å². The van der Waals surface area contributed by atoms with Crippen molar-refractivity contribution in [2.24, 2.45) is 0 Å². The molecule has 0 N–H and O–H groups in total. The molecule has 0 amide bonds. The van der Waals surface area contributed by atoms with E-state index in [1.54, 1.807) is 0 Å². The van der Waals surface area contributed by atoms with Gasteiger partial charge in [0.05, 0.1) is 22.6 Å². The van der Waals surface area contributed by atoms with Crippen molar-refractivity contribution in [1.82, 2.24) is 15.0 Å². The van der Waals surface area contributed by atoms with Gasteiger partial charge in [-0.15, -0.1) is 0 Å².